The molecule has 9 heteroatoms. The number of rotatable bonds is 6. The van der Waals surface area contributed by atoms with Crippen molar-refractivity contribution in [2.45, 2.75) is 12.1 Å². The molecule has 24 heavy (non-hydrogen) atoms. The van der Waals surface area contributed by atoms with Gasteiger partial charge in [0.2, 0.25) is 5.16 Å². The van der Waals surface area contributed by atoms with E-state index in [-0.39, 0.29) is 11.3 Å². The van der Waals surface area contributed by atoms with Gasteiger partial charge < -0.3 is 14.2 Å². The molecular weight excluding hydrogens is 332 g/mol. The van der Waals surface area contributed by atoms with E-state index < -0.39 is 0 Å². The van der Waals surface area contributed by atoms with Gasteiger partial charge in [-0.15, -0.1) is 10.2 Å². The number of thioether (sulfide) groups is 1. The van der Waals surface area contributed by atoms with E-state index in [1.54, 1.807) is 32.4 Å². The van der Waals surface area contributed by atoms with E-state index in [0.29, 0.717) is 28.0 Å². The number of ether oxygens (including phenoxy) is 3. The molecule has 0 bridgehead atoms. The molecule has 1 aromatic heterocycles. The highest BCUT2D eigenvalue weighted by molar-refractivity contribution is 7.98. The van der Waals surface area contributed by atoms with Gasteiger partial charge in [0.15, 0.2) is 11.5 Å². The minimum atomic E-state index is -0.329. The van der Waals surface area contributed by atoms with Crippen molar-refractivity contribution < 1.29 is 14.2 Å². The highest BCUT2D eigenvalue weighted by atomic mass is 32.2. The van der Waals surface area contributed by atoms with Gasteiger partial charge in [-0.2, -0.15) is 9.78 Å². The van der Waals surface area contributed by atoms with Gasteiger partial charge in [0.1, 0.15) is 11.4 Å². The van der Waals surface area contributed by atoms with E-state index in [2.05, 4.69) is 15.3 Å². The summed E-state index contributed by atoms with van der Waals surface area (Å²) >= 11 is 1.28. The van der Waals surface area contributed by atoms with Crippen molar-refractivity contribution in [1.82, 2.24) is 14.9 Å². The average molecular weight is 350 g/mol. The van der Waals surface area contributed by atoms with Crippen LogP contribution in [0.15, 0.2) is 27.2 Å². The fraction of sp³-hybridized carbons (Fsp3) is 0.333. The Hall–Kier alpha value is -2.55. The largest absolute Gasteiger partial charge is 0.496 e. The number of hydrogen-bond acceptors (Lipinski definition) is 8. The summed E-state index contributed by atoms with van der Waals surface area (Å²) in [6.45, 7) is 1.59. The van der Waals surface area contributed by atoms with Gasteiger partial charge in [-0.3, -0.25) is 4.79 Å². The van der Waals surface area contributed by atoms with Crippen LogP contribution in [0, 0.1) is 6.92 Å². The van der Waals surface area contributed by atoms with Crippen LogP contribution in [-0.2, 0) is 0 Å². The summed E-state index contributed by atoms with van der Waals surface area (Å²) in [4.78, 5) is 12.2. The molecule has 0 aliphatic carbocycles. The van der Waals surface area contributed by atoms with Gasteiger partial charge in [0.05, 0.1) is 27.5 Å². The Labute approximate surface area is 143 Å². The van der Waals surface area contributed by atoms with Crippen LogP contribution in [0.3, 0.4) is 0 Å². The zero-order chi connectivity index (χ0) is 17.7. The summed E-state index contributed by atoms with van der Waals surface area (Å²) < 4.78 is 17.1. The Morgan fingerprint density at radius 1 is 1.08 bits per heavy atom. The van der Waals surface area contributed by atoms with Crippen molar-refractivity contribution in [2.24, 2.45) is 5.10 Å². The molecule has 1 heterocycles. The van der Waals surface area contributed by atoms with Gasteiger partial charge in [-0.05, 0) is 19.2 Å². The van der Waals surface area contributed by atoms with Crippen LogP contribution < -0.4 is 19.8 Å². The monoisotopic (exact) mass is 350 g/mol. The van der Waals surface area contributed by atoms with Crippen molar-refractivity contribution in [3.63, 3.8) is 0 Å². The third-order valence-electron chi connectivity index (χ3n) is 3.20. The molecule has 1 aromatic carbocycles. The van der Waals surface area contributed by atoms with Crippen LogP contribution in [-0.4, -0.2) is 48.7 Å². The molecule has 0 aliphatic heterocycles. The highest BCUT2D eigenvalue weighted by Gasteiger charge is 2.12. The maximum Gasteiger partial charge on any atom is 0.296 e. The lowest BCUT2D eigenvalue weighted by atomic mass is 10.2. The second kappa shape index (κ2) is 7.82. The Kier molecular flexibility index (Phi) is 5.80. The Morgan fingerprint density at radius 2 is 1.71 bits per heavy atom. The molecule has 0 fully saturated rings. The molecule has 0 radical (unpaired) electrons. The topological polar surface area (TPSA) is 87.8 Å². The van der Waals surface area contributed by atoms with Gasteiger partial charge >= 0.3 is 0 Å². The van der Waals surface area contributed by atoms with Gasteiger partial charge in [-0.25, -0.2) is 0 Å². The van der Waals surface area contributed by atoms with Gasteiger partial charge in [-0.1, -0.05) is 11.8 Å². The van der Waals surface area contributed by atoms with Crippen LogP contribution >= 0.6 is 11.8 Å². The van der Waals surface area contributed by atoms with Crippen LogP contribution in [0.5, 0.6) is 17.2 Å². The predicted molar refractivity (Wildman–Crippen MR) is 91.9 cm³/mol. The van der Waals surface area contributed by atoms with E-state index >= 15 is 0 Å². The quantitative estimate of drug-likeness (QED) is 0.577. The molecule has 0 aliphatic rings. The Morgan fingerprint density at radius 3 is 2.29 bits per heavy atom. The minimum absolute atomic E-state index is 0.268. The molecular formula is C15H18N4O4S. The second-order valence-corrected chi connectivity index (χ2v) is 5.36. The summed E-state index contributed by atoms with van der Waals surface area (Å²) in [5.41, 5.74) is 0.567. The lowest BCUT2D eigenvalue weighted by Crippen LogP contribution is -2.23. The summed E-state index contributed by atoms with van der Waals surface area (Å²) in [7, 11) is 4.62. The number of nitrogens with zero attached hydrogens (tertiary/aromatic N) is 4. The number of aromatic nitrogens is 3. The second-order valence-electron chi connectivity index (χ2n) is 4.58. The summed E-state index contributed by atoms with van der Waals surface area (Å²) in [5, 5.41) is 12.4. The minimum Gasteiger partial charge on any atom is -0.496 e. The molecule has 0 N–H and O–H groups in total. The van der Waals surface area contributed by atoms with Crippen LogP contribution in [0.4, 0.5) is 0 Å². The van der Waals surface area contributed by atoms with Crippen molar-refractivity contribution >= 4 is 18.0 Å². The number of aryl methyl sites for hydroxylation is 1. The maximum absolute atomic E-state index is 12.2. The molecule has 0 saturated heterocycles. The van der Waals surface area contributed by atoms with Crippen molar-refractivity contribution in [3.05, 3.63) is 33.7 Å². The lowest BCUT2D eigenvalue weighted by Gasteiger charge is -2.12. The molecule has 2 rings (SSSR count). The summed E-state index contributed by atoms with van der Waals surface area (Å²) in [5.74, 6) is 1.60. The van der Waals surface area contributed by atoms with Crippen LogP contribution in [0.25, 0.3) is 0 Å². The molecule has 0 saturated carbocycles. The first-order valence-electron chi connectivity index (χ1n) is 6.90. The standard InChI is InChI=1S/C15H18N4O4S/c1-9-14(20)19(15(24-5)18-17-9)16-8-10-6-12(22-3)13(23-4)7-11(10)21-2/h6-8H,1-5H3/b16-8-. The Bertz CT molecular complexity index is 820. The van der Waals surface area contributed by atoms with Gasteiger partial charge in [0.25, 0.3) is 5.56 Å². The molecule has 0 unspecified atom stereocenters. The average Bonchev–Trinajstić information content (AvgIpc) is 2.61. The Balaban J connectivity index is 2.53. The smallest absolute Gasteiger partial charge is 0.296 e. The number of hydrogen-bond donors (Lipinski definition) is 0. The third-order valence-corrected chi connectivity index (χ3v) is 3.82. The molecule has 128 valence electrons. The van der Waals surface area contributed by atoms with E-state index in [4.69, 9.17) is 14.2 Å². The van der Waals surface area contributed by atoms with E-state index in [1.807, 2.05) is 0 Å². The number of benzene rings is 1. The maximum atomic E-state index is 12.2. The van der Waals surface area contributed by atoms with E-state index in [9.17, 15) is 4.79 Å². The molecule has 8 nitrogen and oxygen atoms in total. The number of methoxy groups -OCH3 is 3. The molecule has 0 spiro atoms. The SMILES string of the molecule is COc1cc(OC)c(OC)cc1/C=N\n1c(SC)nnc(C)c1=O. The van der Waals surface area contributed by atoms with Crippen molar-refractivity contribution in [2.75, 3.05) is 27.6 Å². The van der Waals surface area contributed by atoms with Crippen LogP contribution in [0.1, 0.15) is 11.3 Å². The normalized spacial score (nSPS) is 10.9. The first-order valence-corrected chi connectivity index (χ1v) is 8.12. The third kappa shape index (κ3) is 3.51. The van der Waals surface area contributed by atoms with E-state index in [1.165, 1.54) is 36.9 Å². The fourth-order valence-electron chi connectivity index (χ4n) is 1.95. The summed E-state index contributed by atoms with van der Waals surface area (Å²) in [6.07, 6.45) is 3.30. The molecule has 0 atom stereocenters. The molecule has 2 aromatic rings. The fourth-order valence-corrected chi connectivity index (χ4v) is 2.37. The predicted octanol–water partition coefficient (Wildman–Crippen LogP) is 1.58. The highest BCUT2D eigenvalue weighted by Crippen LogP contribution is 2.33. The lowest BCUT2D eigenvalue weighted by molar-refractivity contribution is 0.349. The van der Waals surface area contributed by atoms with Crippen LogP contribution in [0.2, 0.25) is 0 Å². The summed E-state index contributed by atoms with van der Waals surface area (Å²) in [6, 6.07) is 3.40. The van der Waals surface area contributed by atoms with Gasteiger partial charge in [0, 0.05) is 11.6 Å². The zero-order valence-electron chi connectivity index (χ0n) is 14.1. The first-order chi connectivity index (χ1) is 11.5. The van der Waals surface area contributed by atoms with E-state index in [0.717, 1.165) is 0 Å². The zero-order valence-corrected chi connectivity index (χ0v) is 14.9. The van der Waals surface area contributed by atoms with Crippen molar-refractivity contribution in [1.29, 1.82) is 0 Å². The molecule has 0 amide bonds. The first kappa shape index (κ1) is 17.8. The van der Waals surface area contributed by atoms with Crippen molar-refractivity contribution in [3.8, 4) is 17.2 Å².